The van der Waals surface area contributed by atoms with E-state index < -0.39 is 0 Å². The molecule has 0 unspecified atom stereocenters. The van der Waals surface area contributed by atoms with Crippen LogP contribution >= 0.6 is 15.9 Å². The molecule has 0 radical (unpaired) electrons. The minimum absolute atomic E-state index is 0.0928. The van der Waals surface area contributed by atoms with Crippen molar-refractivity contribution in [1.29, 1.82) is 5.41 Å². The molecule has 6 heteroatoms. The van der Waals surface area contributed by atoms with Crippen LogP contribution in [0.25, 0.3) is 0 Å². The number of hydrogen-bond acceptors (Lipinski definition) is 4. The van der Waals surface area contributed by atoms with Crippen molar-refractivity contribution < 1.29 is 14.7 Å². The molecule has 0 spiro atoms. The number of amidine groups is 1. The van der Waals surface area contributed by atoms with E-state index in [1.165, 1.54) is 7.11 Å². The van der Waals surface area contributed by atoms with Crippen LogP contribution in [-0.2, 0) is 4.74 Å². The molecule has 0 aromatic heterocycles. The van der Waals surface area contributed by atoms with Gasteiger partial charge in [-0.1, -0.05) is 0 Å². The van der Waals surface area contributed by atoms with Gasteiger partial charge in [-0.25, -0.2) is 0 Å². The van der Waals surface area contributed by atoms with E-state index in [4.69, 9.17) is 20.1 Å². The number of rotatable bonds is 4. The highest BCUT2D eigenvalue weighted by atomic mass is 79.9. The number of nitrogens with one attached hydrogen (secondary N) is 2. The van der Waals surface area contributed by atoms with E-state index in [2.05, 4.69) is 15.9 Å². The van der Waals surface area contributed by atoms with Crippen molar-refractivity contribution in [2.24, 2.45) is 0 Å². The standard InChI is InChI=1S/C9H11BrN2O3/c1-14-5-15-8-4-6(9(11)12-13)2-3-7(8)10/h2-4,13H,5H2,1H3,(H2,11,12). The van der Waals surface area contributed by atoms with Crippen molar-refractivity contribution in [3.8, 4) is 5.75 Å². The fourth-order valence-electron chi connectivity index (χ4n) is 0.956. The first-order valence-electron chi connectivity index (χ1n) is 4.09. The van der Waals surface area contributed by atoms with Crippen LogP contribution in [-0.4, -0.2) is 24.9 Å². The Labute approximate surface area is 95.6 Å². The van der Waals surface area contributed by atoms with Crippen molar-refractivity contribution in [3.63, 3.8) is 0 Å². The van der Waals surface area contributed by atoms with Gasteiger partial charge in [0.05, 0.1) is 4.47 Å². The molecule has 0 aliphatic carbocycles. The molecule has 1 rings (SSSR count). The summed E-state index contributed by atoms with van der Waals surface area (Å²) in [6, 6.07) is 5.02. The third-order valence-corrected chi connectivity index (χ3v) is 2.32. The summed E-state index contributed by atoms with van der Waals surface area (Å²) < 4.78 is 10.8. The maximum atomic E-state index is 8.57. The van der Waals surface area contributed by atoms with Crippen molar-refractivity contribution >= 4 is 21.8 Å². The highest BCUT2D eigenvalue weighted by molar-refractivity contribution is 9.10. The topological polar surface area (TPSA) is 74.6 Å². The third-order valence-electron chi connectivity index (χ3n) is 1.66. The Hall–Kier alpha value is -1.11. The lowest BCUT2D eigenvalue weighted by atomic mass is 10.2. The van der Waals surface area contributed by atoms with Crippen LogP contribution in [0, 0.1) is 5.41 Å². The first kappa shape index (κ1) is 12.0. The molecule has 0 saturated carbocycles. The summed E-state index contributed by atoms with van der Waals surface area (Å²) in [6.45, 7) is 0.127. The molecule has 1 aromatic rings. The molecule has 5 nitrogen and oxygen atoms in total. The molecule has 0 aliphatic rings. The van der Waals surface area contributed by atoms with Crippen molar-refractivity contribution in [1.82, 2.24) is 5.48 Å². The van der Waals surface area contributed by atoms with Gasteiger partial charge in [0.1, 0.15) is 11.6 Å². The van der Waals surface area contributed by atoms with Crippen LogP contribution in [0.3, 0.4) is 0 Å². The fraction of sp³-hybridized carbons (Fsp3) is 0.222. The van der Waals surface area contributed by atoms with E-state index in [0.717, 1.165) is 4.47 Å². The monoisotopic (exact) mass is 274 g/mol. The predicted octanol–water partition coefficient (Wildman–Crippen LogP) is 1.74. The molecule has 0 fully saturated rings. The lowest BCUT2D eigenvalue weighted by Crippen LogP contribution is -2.18. The van der Waals surface area contributed by atoms with Gasteiger partial charge in [0.25, 0.3) is 0 Å². The van der Waals surface area contributed by atoms with Gasteiger partial charge in [-0.3, -0.25) is 16.1 Å². The summed E-state index contributed by atoms with van der Waals surface area (Å²) in [5, 5.41) is 15.9. The van der Waals surface area contributed by atoms with E-state index >= 15 is 0 Å². The molecule has 82 valence electrons. The zero-order chi connectivity index (χ0) is 11.3. The fourth-order valence-corrected chi connectivity index (χ4v) is 1.32. The van der Waals surface area contributed by atoms with E-state index in [1.54, 1.807) is 23.7 Å². The van der Waals surface area contributed by atoms with Gasteiger partial charge in [0, 0.05) is 12.7 Å². The number of benzene rings is 1. The smallest absolute Gasteiger partial charge is 0.188 e. The Morgan fingerprint density at radius 3 is 2.93 bits per heavy atom. The summed E-state index contributed by atoms with van der Waals surface area (Å²) >= 11 is 3.30. The number of methoxy groups -OCH3 is 1. The highest BCUT2D eigenvalue weighted by Crippen LogP contribution is 2.25. The highest BCUT2D eigenvalue weighted by Gasteiger charge is 2.05. The molecule has 0 bridgehead atoms. The second-order valence-corrected chi connectivity index (χ2v) is 3.54. The molecule has 0 heterocycles. The van der Waals surface area contributed by atoms with Gasteiger partial charge in [-0.05, 0) is 34.1 Å². The summed E-state index contributed by atoms with van der Waals surface area (Å²) in [5.74, 6) is 0.458. The summed E-state index contributed by atoms with van der Waals surface area (Å²) in [5.41, 5.74) is 2.29. The van der Waals surface area contributed by atoms with Crippen molar-refractivity contribution in [2.45, 2.75) is 0 Å². The Kier molecular flexibility index (Phi) is 4.54. The SMILES string of the molecule is COCOc1cc(C(=N)NO)ccc1Br. The Bertz CT molecular complexity index is 357. The minimum atomic E-state index is -0.0928. The van der Waals surface area contributed by atoms with Crippen LogP contribution in [0.1, 0.15) is 5.56 Å². The molecule has 15 heavy (non-hydrogen) atoms. The van der Waals surface area contributed by atoms with Crippen molar-refractivity contribution in [3.05, 3.63) is 28.2 Å². The average Bonchev–Trinajstić information content (AvgIpc) is 2.27. The second-order valence-electron chi connectivity index (χ2n) is 2.68. The number of halogens is 1. The number of ether oxygens (including phenoxy) is 2. The van der Waals surface area contributed by atoms with Gasteiger partial charge >= 0.3 is 0 Å². The number of hydroxylamine groups is 1. The molecule has 0 amide bonds. The van der Waals surface area contributed by atoms with Crippen LogP contribution in [0.15, 0.2) is 22.7 Å². The summed E-state index contributed by atoms with van der Waals surface area (Å²) in [7, 11) is 1.52. The first-order chi connectivity index (χ1) is 7.19. The van der Waals surface area contributed by atoms with E-state index in [9.17, 15) is 0 Å². The van der Waals surface area contributed by atoms with Crippen LogP contribution in [0.5, 0.6) is 5.75 Å². The zero-order valence-electron chi connectivity index (χ0n) is 8.08. The maximum absolute atomic E-state index is 8.57. The quantitative estimate of drug-likeness (QED) is 0.338. The molecule has 0 aliphatic heterocycles. The lowest BCUT2D eigenvalue weighted by Gasteiger charge is -2.09. The zero-order valence-corrected chi connectivity index (χ0v) is 9.67. The van der Waals surface area contributed by atoms with Gasteiger partial charge in [0.15, 0.2) is 6.79 Å². The molecule has 0 saturated heterocycles. The van der Waals surface area contributed by atoms with Crippen LogP contribution in [0.2, 0.25) is 0 Å². The molecular formula is C9H11BrN2O3. The van der Waals surface area contributed by atoms with Gasteiger partial charge < -0.3 is 9.47 Å². The van der Waals surface area contributed by atoms with E-state index in [-0.39, 0.29) is 12.6 Å². The maximum Gasteiger partial charge on any atom is 0.188 e. The average molecular weight is 275 g/mol. The summed E-state index contributed by atoms with van der Waals surface area (Å²) in [4.78, 5) is 0. The van der Waals surface area contributed by atoms with E-state index in [1.807, 2.05) is 0 Å². The third kappa shape index (κ3) is 3.19. The molecule has 0 atom stereocenters. The summed E-state index contributed by atoms with van der Waals surface area (Å²) in [6.07, 6.45) is 0. The number of hydrogen-bond donors (Lipinski definition) is 3. The molecular weight excluding hydrogens is 264 g/mol. The lowest BCUT2D eigenvalue weighted by molar-refractivity contribution is 0.0506. The normalized spacial score (nSPS) is 9.80. The Balaban J connectivity index is 2.89. The second kappa shape index (κ2) is 5.69. The van der Waals surface area contributed by atoms with Gasteiger partial charge in [-0.2, -0.15) is 0 Å². The van der Waals surface area contributed by atoms with Crippen LogP contribution < -0.4 is 10.2 Å². The van der Waals surface area contributed by atoms with Crippen molar-refractivity contribution in [2.75, 3.05) is 13.9 Å². The Morgan fingerprint density at radius 2 is 2.33 bits per heavy atom. The van der Waals surface area contributed by atoms with Gasteiger partial charge in [0.2, 0.25) is 0 Å². The van der Waals surface area contributed by atoms with Gasteiger partial charge in [-0.15, -0.1) is 0 Å². The molecule has 3 N–H and O–H groups in total. The Morgan fingerprint density at radius 1 is 1.60 bits per heavy atom. The predicted molar refractivity (Wildman–Crippen MR) is 58.4 cm³/mol. The first-order valence-corrected chi connectivity index (χ1v) is 4.88. The van der Waals surface area contributed by atoms with E-state index in [0.29, 0.717) is 11.3 Å². The minimum Gasteiger partial charge on any atom is -0.466 e. The largest absolute Gasteiger partial charge is 0.466 e. The molecule has 1 aromatic carbocycles. The van der Waals surface area contributed by atoms with Crippen LogP contribution in [0.4, 0.5) is 0 Å².